The molecule has 4 N–H and O–H groups in total. The second-order valence-electron chi connectivity index (χ2n) is 5.58. The quantitative estimate of drug-likeness (QED) is 0.284. The Bertz CT molecular complexity index is 482. The summed E-state index contributed by atoms with van der Waals surface area (Å²) in [5.74, 6) is -0.816. The van der Waals surface area contributed by atoms with Crippen molar-refractivity contribution in [3.05, 3.63) is 11.3 Å². The van der Waals surface area contributed by atoms with Gasteiger partial charge < -0.3 is 15.3 Å². The highest BCUT2D eigenvalue weighted by atomic mass is 32.2. The standard InChI is InChI=1S/C14H22N2O5S/c1-8-7-22-13-10(12(19)16(13)11(8)14(20)21)15-9(18)5-3-2-4-6-17/h9-10,13,15,17-18H,2-7H2,1H3,(H,20,21). The first-order valence-corrected chi connectivity index (χ1v) is 8.45. The summed E-state index contributed by atoms with van der Waals surface area (Å²) in [6, 6.07) is -0.541. The number of aliphatic carboxylic acids is 1. The fourth-order valence-electron chi connectivity index (χ4n) is 2.71. The number of amides is 1. The molecular weight excluding hydrogens is 308 g/mol. The number of rotatable bonds is 8. The summed E-state index contributed by atoms with van der Waals surface area (Å²) in [7, 11) is 0. The maximum Gasteiger partial charge on any atom is 0.352 e. The van der Waals surface area contributed by atoms with Gasteiger partial charge in [-0.1, -0.05) is 6.42 Å². The third-order valence-electron chi connectivity index (χ3n) is 3.87. The lowest BCUT2D eigenvalue weighted by atomic mass is 10.0. The Kier molecular flexibility index (Phi) is 5.85. The summed E-state index contributed by atoms with van der Waals surface area (Å²) in [6.07, 6.45) is 1.99. The van der Waals surface area contributed by atoms with E-state index in [0.29, 0.717) is 24.2 Å². The predicted octanol–water partition coefficient (Wildman–Crippen LogP) is 0.0894. The molecule has 2 aliphatic rings. The molecule has 7 nitrogen and oxygen atoms in total. The van der Waals surface area contributed by atoms with Gasteiger partial charge in [-0.15, -0.1) is 11.8 Å². The van der Waals surface area contributed by atoms with E-state index in [9.17, 15) is 19.8 Å². The van der Waals surface area contributed by atoms with Crippen LogP contribution in [0, 0.1) is 0 Å². The molecule has 1 fully saturated rings. The van der Waals surface area contributed by atoms with E-state index in [2.05, 4.69) is 5.32 Å². The number of aliphatic hydroxyl groups excluding tert-OH is 2. The summed E-state index contributed by atoms with van der Waals surface area (Å²) in [5.41, 5.74) is 0.759. The van der Waals surface area contributed by atoms with Crippen LogP contribution in [-0.4, -0.2) is 62.1 Å². The van der Waals surface area contributed by atoms with Crippen LogP contribution in [0.25, 0.3) is 0 Å². The van der Waals surface area contributed by atoms with Crippen molar-refractivity contribution in [2.75, 3.05) is 12.4 Å². The molecule has 1 saturated heterocycles. The number of aliphatic hydroxyl groups is 2. The average molecular weight is 330 g/mol. The summed E-state index contributed by atoms with van der Waals surface area (Å²) in [5, 5.41) is 30.5. The lowest BCUT2D eigenvalue weighted by Crippen LogP contribution is -2.71. The highest BCUT2D eigenvalue weighted by Gasteiger charge is 2.53. The molecule has 22 heavy (non-hydrogen) atoms. The van der Waals surface area contributed by atoms with Crippen LogP contribution >= 0.6 is 11.8 Å². The molecule has 124 valence electrons. The zero-order valence-electron chi connectivity index (χ0n) is 12.5. The largest absolute Gasteiger partial charge is 0.477 e. The minimum atomic E-state index is -1.08. The third kappa shape index (κ3) is 3.45. The molecule has 0 saturated carbocycles. The molecule has 0 aromatic rings. The van der Waals surface area contributed by atoms with E-state index in [1.165, 1.54) is 16.7 Å². The molecule has 0 aromatic carbocycles. The Balaban J connectivity index is 1.89. The van der Waals surface area contributed by atoms with Crippen molar-refractivity contribution < 1.29 is 24.9 Å². The number of carbonyl (C=O) groups excluding carboxylic acids is 1. The van der Waals surface area contributed by atoms with Crippen LogP contribution in [0.5, 0.6) is 0 Å². The van der Waals surface area contributed by atoms with E-state index in [4.69, 9.17) is 5.11 Å². The molecule has 2 rings (SSSR count). The van der Waals surface area contributed by atoms with E-state index in [1.807, 2.05) is 0 Å². The number of hydrogen-bond acceptors (Lipinski definition) is 6. The Labute approximate surface area is 133 Å². The second kappa shape index (κ2) is 7.45. The summed E-state index contributed by atoms with van der Waals surface area (Å²) in [6.45, 7) is 1.86. The number of unbranched alkanes of at least 4 members (excludes halogenated alkanes) is 2. The van der Waals surface area contributed by atoms with Crippen molar-refractivity contribution in [2.24, 2.45) is 0 Å². The van der Waals surface area contributed by atoms with E-state index >= 15 is 0 Å². The minimum absolute atomic E-state index is 0.0734. The monoisotopic (exact) mass is 330 g/mol. The Morgan fingerprint density at radius 3 is 2.82 bits per heavy atom. The van der Waals surface area contributed by atoms with Crippen molar-refractivity contribution >= 4 is 23.6 Å². The van der Waals surface area contributed by atoms with Crippen molar-refractivity contribution in [3.63, 3.8) is 0 Å². The van der Waals surface area contributed by atoms with E-state index < -0.39 is 18.2 Å². The van der Waals surface area contributed by atoms with Crippen LogP contribution in [0.2, 0.25) is 0 Å². The fourth-order valence-corrected chi connectivity index (χ4v) is 4.02. The number of nitrogens with zero attached hydrogens (tertiary/aromatic N) is 1. The van der Waals surface area contributed by atoms with Crippen LogP contribution in [0.4, 0.5) is 0 Å². The highest BCUT2D eigenvalue weighted by Crippen LogP contribution is 2.40. The van der Waals surface area contributed by atoms with Gasteiger partial charge in [0, 0.05) is 12.4 Å². The first kappa shape index (κ1) is 17.3. The first-order chi connectivity index (χ1) is 10.5. The molecule has 3 unspecified atom stereocenters. The predicted molar refractivity (Wildman–Crippen MR) is 81.9 cm³/mol. The molecule has 0 spiro atoms. The molecule has 2 heterocycles. The number of hydrogen-bond donors (Lipinski definition) is 4. The van der Waals surface area contributed by atoms with Gasteiger partial charge in [-0.05, 0) is 31.8 Å². The number of nitrogens with one attached hydrogen (secondary N) is 1. The maximum absolute atomic E-state index is 12.2. The van der Waals surface area contributed by atoms with Gasteiger partial charge in [-0.25, -0.2) is 4.79 Å². The van der Waals surface area contributed by atoms with Crippen molar-refractivity contribution in [1.29, 1.82) is 0 Å². The van der Waals surface area contributed by atoms with E-state index in [-0.39, 0.29) is 23.6 Å². The van der Waals surface area contributed by atoms with Crippen LogP contribution in [-0.2, 0) is 9.59 Å². The molecule has 0 aliphatic carbocycles. The first-order valence-electron chi connectivity index (χ1n) is 7.40. The SMILES string of the molecule is CC1=C(C(=O)O)N2C(=O)C(NC(O)CCCCCO)C2SC1. The second-order valence-corrected chi connectivity index (χ2v) is 6.68. The fraction of sp³-hybridized carbons (Fsp3) is 0.714. The van der Waals surface area contributed by atoms with Gasteiger partial charge in [-0.2, -0.15) is 0 Å². The highest BCUT2D eigenvalue weighted by molar-refractivity contribution is 8.00. The van der Waals surface area contributed by atoms with Gasteiger partial charge in [0.25, 0.3) is 0 Å². The smallest absolute Gasteiger partial charge is 0.352 e. The molecule has 0 radical (unpaired) electrons. The lowest BCUT2D eigenvalue weighted by molar-refractivity contribution is -0.150. The van der Waals surface area contributed by atoms with Gasteiger partial charge in [-0.3, -0.25) is 15.0 Å². The molecule has 8 heteroatoms. The number of thioether (sulfide) groups is 1. The van der Waals surface area contributed by atoms with Gasteiger partial charge in [0.1, 0.15) is 23.3 Å². The van der Waals surface area contributed by atoms with Gasteiger partial charge in [0.15, 0.2) is 0 Å². The number of fused-ring (bicyclic) bond motifs is 1. The number of carbonyl (C=O) groups is 2. The number of carboxylic acids is 1. The van der Waals surface area contributed by atoms with E-state index in [0.717, 1.165) is 12.8 Å². The molecule has 0 bridgehead atoms. The molecule has 1 amide bonds. The Morgan fingerprint density at radius 1 is 1.45 bits per heavy atom. The summed E-state index contributed by atoms with van der Waals surface area (Å²) in [4.78, 5) is 24.8. The molecule has 2 aliphatic heterocycles. The summed E-state index contributed by atoms with van der Waals surface area (Å²) < 4.78 is 0. The van der Waals surface area contributed by atoms with Crippen molar-refractivity contribution in [2.45, 2.75) is 50.3 Å². The Hall–Kier alpha value is -1.09. The Morgan fingerprint density at radius 2 is 2.18 bits per heavy atom. The third-order valence-corrected chi connectivity index (χ3v) is 5.29. The average Bonchev–Trinajstić information content (AvgIpc) is 2.48. The number of carboxylic acid groups (broad SMARTS) is 1. The molecular formula is C14H22N2O5S. The zero-order valence-corrected chi connectivity index (χ0v) is 13.3. The van der Waals surface area contributed by atoms with E-state index in [1.54, 1.807) is 6.92 Å². The van der Waals surface area contributed by atoms with Crippen LogP contribution in [0.15, 0.2) is 11.3 Å². The number of β-lactam (4-membered cyclic amide) rings is 1. The van der Waals surface area contributed by atoms with Crippen LogP contribution < -0.4 is 5.32 Å². The van der Waals surface area contributed by atoms with Gasteiger partial charge in [0.2, 0.25) is 5.91 Å². The summed E-state index contributed by atoms with van der Waals surface area (Å²) >= 11 is 1.51. The normalized spacial score (nSPS) is 25.8. The zero-order chi connectivity index (χ0) is 16.3. The topological polar surface area (TPSA) is 110 Å². The molecule has 0 aromatic heterocycles. The van der Waals surface area contributed by atoms with Crippen molar-refractivity contribution in [3.8, 4) is 0 Å². The minimum Gasteiger partial charge on any atom is -0.477 e. The van der Waals surface area contributed by atoms with Gasteiger partial charge in [0.05, 0.1) is 0 Å². The maximum atomic E-state index is 12.2. The van der Waals surface area contributed by atoms with Crippen LogP contribution in [0.3, 0.4) is 0 Å². The van der Waals surface area contributed by atoms with Crippen LogP contribution in [0.1, 0.15) is 32.6 Å². The lowest BCUT2D eigenvalue weighted by Gasteiger charge is -2.50. The van der Waals surface area contributed by atoms with Gasteiger partial charge >= 0.3 is 5.97 Å². The van der Waals surface area contributed by atoms with Crippen molar-refractivity contribution in [1.82, 2.24) is 10.2 Å². The molecule has 3 atom stereocenters.